The zero-order chi connectivity index (χ0) is 13.8. The number of rotatable bonds is 4. The first kappa shape index (κ1) is 13.8. The van der Waals surface area contributed by atoms with E-state index in [1.54, 1.807) is 18.5 Å². The van der Waals surface area contributed by atoms with E-state index in [0.29, 0.717) is 23.1 Å². The molecule has 0 aromatic carbocycles. The molecule has 1 aliphatic rings. The summed E-state index contributed by atoms with van der Waals surface area (Å²) in [5.41, 5.74) is 3.63. The number of nitrogen functional groups attached to an aromatic ring is 1. The Labute approximate surface area is 114 Å². The van der Waals surface area contributed by atoms with Gasteiger partial charge in [-0.3, -0.25) is 15.6 Å². The van der Waals surface area contributed by atoms with Gasteiger partial charge < -0.3 is 10.7 Å². The third-order valence-electron chi connectivity index (χ3n) is 4.29. The van der Waals surface area contributed by atoms with E-state index in [1.165, 1.54) is 12.8 Å². The van der Waals surface area contributed by atoms with E-state index in [4.69, 9.17) is 5.84 Å². The third-order valence-corrected chi connectivity index (χ3v) is 4.29. The van der Waals surface area contributed by atoms with Crippen molar-refractivity contribution in [3.05, 3.63) is 24.0 Å². The number of hydrazine groups is 1. The summed E-state index contributed by atoms with van der Waals surface area (Å²) in [6.45, 7) is 4.43. The highest BCUT2D eigenvalue weighted by atomic mass is 16.1. The summed E-state index contributed by atoms with van der Waals surface area (Å²) < 4.78 is 0. The summed E-state index contributed by atoms with van der Waals surface area (Å²) in [4.78, 5) is 16.3. The molecule has 0 aliphatic heterocycles. The van der Waals surface area contributed by atoms with Crippen molar-refractivity contribution >= 4 is 11.6 Å². The first-order valence-electron chi connectivity index (χ1n) is 6.88. The van der Waals surface area contributed by atoms with Crippen LogP contribution in [-0.4, -0.2) is 16.9 Å². The highest BCUT2D eigenvalue weighted by Crippen LogP contribution is 2.34. The van der Waals surface area contributed by atoms with Crippen LogP contribution in [0.1, 0.15) is 43.5 Å². The second kappa shape index (κ2) is 6.02. The highest BCUT2D eigenvalue weighted by molar-refractivity contribution is 5.99. The van der Waals surface area contributed by atoms with Crippen LogP contribution < -0.4 is 16.6 Å². The minimum absolute atomic E-state index is 0.102. The van der Waals surface area contributed by atoms with Crippen LogP contribution in [0, 0.1) is 11.8 Å². The van der Waals surface area contributed by atoms with Crippen LogP contribution in [0.15, 0.2) is 18.5 Å². The van der Waals surface area contributed by atoms with Crippen molar-refractivity contribution in [3.63, 3.8) is 0 Å². The lowest BCUT2D eigenvalue weighted by atomic mass is 9.93. The number of nitrogens with two attached hydrogens (primary N) is 1. The number of amides is 1. The molecule has 0 spiro atoms. The van der Waals surface area contributed by atoms with E-state index in [1.807, 2.05) is 0 Å². The maximum absolute atomic E-state index is 12.3. The molecule has 0 saturated heterocycles. The lowest BCUT2D eigenvalue weighted by Crippen LogP contribution is -2.38. The Morgan fingerprint density at radius 2 is 2.32 bits per heavy atom. The van der Waals surface area contributed by atoms with Crippen LogP contribution in [0.25, 0.3) is 0 Å². The fourth-order valence-corrected chi connectivity index (χ4v) is 2.97. The molecule has 104 valence electrons. The molecule has 3 atom stereocenters. The number of aromatic nitrogens is 1. The van der Waals surface area contributed by atoms with Gasteiger partial charge in [-0.1, -0.05) is 20.3 Å². The molecule has 1 amide bonds. The van der Waals surface area contributed by atoms with Gasteiger partial charge in [0.05, 0.1) is 11.3 Å². The highest BCUT2D eigenvalue weighted by Gasteiger charge is 2.32. The zero-order valence-corrected chi connectivity index (χ0v) is 11.5. The van der Waals surface area contributed by atoms with Gasteiger partial charge in [0.1, 0.15) is 0 Å². The molecule has 19 heavy (non-hydrogen) atoms. The second-order valence-electron chi connectivity index (χ2n) is 5.25. The van der Waals surface area contributed by atoms with Crippen LogP contribution in [0.2, 0.25) is 0 Å². The van der Waals surface area contributed by atoms with Crippen molar-refractivity contribution in [2.75, 3.05) is 5.43 Å². The smallest absolute Gasteiger partial charge is 0.255 e. The SMILES string of the molecule is CCC1CCC(NC(=O)c2cnccc2NN)C1C. The van der Waals surface area contributed by atoms with Gasteiger partial charge in [0.25, 0.3) is 5.91 Å². The predicted octanol–water partition coefficient (Wildman–Crippen LogP) is 1.92. The number of carbonyl (C=O) groups excluding carboxylic acids is 1. The molecule has 1 fully saturated rings. The van der Waals surface area contributed by atoms with Crippen LogP contribution in [-0.2, 0) is 0 Å². The van der Waals surface area contributed by atoms with E-state index in [9.17, 15) is 4.79 Å². The van der Waals surface area contributed by atoms with Crippen molar-refractivity contribution in [1.29, 1.82) is 0 Å². The van der Waals surface area contributed by atoms with E-state index in [2.05, 4.69) is 29.6 Å². The average Bonchev–Trinajstić information content (AvgIpc) is 2.79. The van der Waals surface area contributed by atoms with Gasteiger partial charge in [-0.05, 0) is 30.7 Å². The zero-order valence-electron chi connectivity index (χ0n) is 11.5. The van der Waals surface area contributed by atoms with Gasteiger partial charge in [0.15, 0.2) is 0 Å². The number of nitrogens with one attached hydrogen (secondary N) is 2. The van der Waals surface area contributed by atoms with Crippen LogP contribution in [0.4, 0.5) is 5.69 Å². The first-order valence-corrected chi connectivity index (χ1v) is 6.88. The Bertz CT molecular complexity index is 449. The maximum atomic E-state index is 12.3. The molecule has 0 radical (unpaired) electrons. The number of carbonyl (C=O) groups is 1. The maximum Gasteiger partial charge on any atom is 0.255 e. The molecule has 1 aromatic rings. The van der Waals surface area contributed by atoms with Crippen molar-refractivity contribution in [1.82, 2.24) is 10.3 Å². The Kier molecular flexibility index (Phi) is 4.37. The van der Waals surface area contributed by atoms with Crippen LogP contribution >= 0.6 is 0 Å². The summed E-state index contributed by atoms with van der Waals surface area (Å²) in [6.07, 6.45) is 6.57. The molecule has 5 nitrogen and oxygen atoms in total. The molecule has 3 unspecified atom stereocenters. The fraction of sp³-hybridized carbons (Fsp3) is 0.571. The molecule has 1 aliphatic carbocycles. The molecule has 1 saturated carbocycles. The fourth-order valence-electron chi connectivity index (χ4n) is 2.97. The van der Waals surface area contributed by atoms with Gasteiger partial charge >= 0.3 is 0 Å². The minimum atomic E-state index is -0.102. The van der Waals surface area contributed by atoms with Gasteiger partial charge in [-0.25, -0.2) is 0 Å². The molecule has 0 bridgehead atoms. The molecule has 1 aromatic heterocycles. The molecule has 5 heteroatoms. The number of hydrogen-bond acceptors (Lipinski definition) is 4. The average molecular weight is 262 g/mol. The van der Waals surface area contributed by atoms with E-state index < -0.39 is 0 Å². The summed E-state index contributed by atoms with van der Waals surface area (Å²) in [6, 6.07) is 1.95. The number of nitrogens with zero attached hydrogens (tertiary/aromatic N) is 1. The normalized spacial score (nSPS) is 26.2. The topological polar surface area (TPSA) is 80.0 Å². The predicted molar refractivity (Wildman–Crippen MR) is 75.5 cm³/mol. The monoisotopic (exact) mass is 262 g/mol. The Hall–Kier alpha value is -1.62. The van der Waals surface area contributed by atoms with Crippen molar-refractivity contribution in [3.8, 4) is 0 Å². The van der Waals surface area contributed by atoms with Crippen molar-refractivity contribution in [2.45, 2.75) is 39.2 Å². The van der Waals surface area contributed by atoms with Gasteiger partial charge in [0, 0.05) is 18.4 Å². The Morgan fingerprint density at radius 1 is 1.53 bits per heavy atom. The van der Waals surface area contributed by atoms with Crippen LogP contribution in [0.3, 0.4) is 0 Å². The van der Waals surface area contributed by atoms with Crippen LogP contribution in [0.5, 0.6) is 0 Å². The third kappa shape index (κ3) is 2.87. The number of anilines is 1. The molecular formula is C14H22N4O. The van der Waals surface area contributed by atoms with Gasteiger partial charge in [-0.15, -0.1) is 0 Å². The quantitative estimate of drug-likeness (QED) is 0.572. The molecule has 1 heterocycles. The van der Waals surface area contributed by atoms with E-state index in [-0.39, 0.29) is 11.9 Å². The standard InChI is InChI=1S/C14H22N4O/c1-3-10-4-5-12(9(10)2)17-14(19)11-8-16-7-6-13(11)18-15/h6-10,12H,3-5,15H2,1-2H3,(H,16,18)(H,17,19). The minimum Gasteiger partial charge on any atom is -0.349 e. The Morgan fingerprint density at radius 3 is 2.95 bits per heavy atom. The van der Waals surface area contributed by atoms with Gasteiger partial charge in [-0.2, -0.15) is 0 Å². The van der Waals surface area contributed by atoms with Gasteiger partial charge in [0.2, 0.25) is 0 Å². The molecule has 2 rings (SSSR count). The lowest BCUT2D eigenvalue weighted by molar-refractivity contribution is 0.0927. The second-order valence-corrected chi connectivity index (χ2v) is 5.25. The number of hydrogen-bond donors (Lipinski definition) is 3. The summed E-state index contributed by atoms with van der Waals surface area (Å²) >= 11 is 0. The van der Waals surface area contributed by atoms with Crippen molar-refractivity contribution < 1.29 is 4.79 Å². The largest absolute Gasteiger partial charge is 0.349 e. The van der Waals surface area contributed by atoms with E-state index in [0.717, 1.165) is 6.42 Å². The first-order chi connectivity index (χ1) is 9.17. The summed E-state index contributed by atoms with van der Waals surface area (Å²) in [5, 5.41) is 3.11. The lowest BCUT2D eigenvalue weighted by Gasteiger charge is -2.21. The molecule has 4 N–H and O–H groups in total. The van der Waals surface area contributed by atoms with E-state index >= 15 is 0 Å². The molecular weight excluding hydrogens is 240 g/mol. The Balaban J connectivity index is 2.05. The summed E-state index contributed by atoms with van der Waals surface area (Å²) in [5.74, 6) is 6.55. The van der Waals surface area contributed by atoms with Crippen molar-refractivity contribution in [2.24, 2.45) is 17.7 Å². The summed E-state index contributed by atoms with van der Waals surface area (Å²) in [7, 11) is 0. The number of pyridine rings is 1.